The van der Waals surface area contributed by atoms with Crippen molar-refractivity contribution in [1.29, 1.82) is 0 Å². The Bertz CT molecular complexity index is 471. The van der Waals surface area contributed by atoms with Crippen LogP contribution in [0.15, 0.2) is 6.07 Å². The number of rotatable bonds is 6. The van der Waals surface area contributed by atoms with E-state index in [1.54, 1.807) is 0 Å². The fourth-order valence-corrected chi connectivity index (χ4v) is 2.74. The maximum absolute atomic E-state index is 8.81. The van der Waals surface area contributed by atoms with Crippen LogP contribution in [0.1, 0.15) is 37.4 Å². The van der Waals surface area contributed by atoms with Gasteiger partial charge in [0.15, 0.2) is 0 Å². The van der Waals surface area contributed by atoms with Crippen LogP contribution in [-0.2, 0) is 4.74 Å². The van der Waals surface area contributed by atoms with Gasteiger partial charge in [-0.15, -0.1) is 0 Å². The zero-order valence-electron chi connectivity index (χ0n) is 12.6. The van der Waals surface area contributed by atoms with Gasteiger partial charge in [-0.3, -0.25) is 0 Å². The lowest BCUT2D eigenvalue weighted by Gasteiger charge is -2.33. The van der Waals surface area contributed by atoms with Crippen LogP contribution >= 0.6 is 0 Å². The van der Waals surface area contributed by atoms with Gasteiger partial charge in [-0.2, -0.15) is 0 Å². The Balaban J connectivity index is 1.65. The molecule has 2 heterocycles. The van der Waals surface area contributed by atoms with Crippen molar-refractivity contribution in [1.82, 2.24) is 9.97 Å². The lowest BCUT2D eigenvalue weighted by atomic mass is 10.1. The highest BCUT2D eigenvalue weighted by Gasteiger charge is 2.28. The number of piperidine rings is 1. The SMILES string of the molecule is CNc1cc(N2CCC(OCCO)CC2)nc(C2CC2)n1. The molecule has 0 bridgehead atoms. The summed E-state index contributed by atoms with van der Waals surface area (Å²) >= 11 is 0. The van der Waals surface area contributed by atoms with Crippen LogP contribution in [0.2, 0.25) is 0 Å². The molecule has 2 N–H and O–H groups in total. The van der Waals surface area contributed by atoms with E-state index in [9.17, 15) is 0 Å². The maximum Gasteiger partial charge on any atom is 0.136 e. The van der Waals surface area contributed by atoms with E-state index in [2.05, 4.69) is 15.2 Å². The van der Waals surface area contributed by atoms with Crippen molar-refractivity contribution in [2.45, 2.75) is 37.7 Å². The molecule has 0 radical (unpaired) electrons. The van der Waals surface area contributed by atoms with E-state index in [0.29, 0.717) is 12.5 Å². The number of aromatic nitrogens is 2. The lowest BCUT2D eigenvalue weighted by molar-refractivity contribution is 0.0158. The summed E-state index contributed by atoms with van der Waals surface area (Å²) in [7, 11) is 1.90. The first-order valence-electron chi connectivity index (χ1n) is 7.84. The molecule has 3 rings (SSSR count). The number of aliphatic hydroxyl groups is 1. The number of nitrogens with zero attached hydrogens (tertiary/aromatic N) is 3. The topological polar surface area (TPSA) is 70.5 Å². The van der Waals surface area contributed by atoms with Crippen LogP contribution in [0.5, 0.6) is 0 Å². The van der Waals surface area contributed by atoms with Crippen molar-refractivity contribution in [3.05, 3.63) is 11.9 Å². The molecule has 1 aliphatic heterocycles. The van der Waals surface area contributed by atoms with E-state index in [-0.39, 0.29) is 12.7 Å². The fraction of sp³-hybridized carbons (Fsp3) is 0.733. The van der Waals surface area contributed by atoms with Crippen LogP contribution in [0.3, 0.4) is 0 Å². The van der Waals surface area contributed by atoms with E-state index in [1.807, 2.05) is 13.1 Å². The molecule has 0 unspecified atom stereocenters. The second-order valence-electron chi connectivity index (χ2n) is 5.77. The third-order valence-corrected chi connectivity index (χ3v) is 4.14. The number of anilines is 2. The minimum absolute atomic E-state index is 0.0996. The number of aliphatic hydroxyl groups excluding tert-OH is 1. The van der Waals surface area contributed by atoms with Gasteiger partial charge >= 0.3 is 0 Å². The molecule has 2 aliphatic rings. The van der Waals surface area contributed by atoms with Gasteiger partial charge in [0.05, 0.1) is 19.3 Å². The van der Waals surface area contributed by atoms with Gasteiger partial charge in [0.25, 0.3) is 0 Å². The molecule has 0 atom stereocenters. The van der Waals surface area contributed by atoms with E-state index < -0.39 is 0 Å². The lowest BCUT2D eigenvalue weighted by Crippen LogP contribution is -2.38. The van der Waals surface area contributed by atoms with Crippen molar-refractivity contribution in [2.24, 2.45) is 0 Å². The van der Waals surface area contributed by atoms with Crippen molar-refractivity contribution < 1.29 is 9.84 Å². The third kappa shape index (κ3) is 3.63. The summed E-state index contributed by atoms with van der Waals surface area (Å²) in [6.45, 7) is 2.43. The molecule has 0 aromatic carbocycles. The first-order chi connectivity index (χ1) is 10.3. The van der Waals surface area contributed by atoms with Crippen molar-refractivity contribution in [3.8, 4) is 0 Å². The molecule has 6 nitrogen and oxygen atoms in total. The van der Waals surface area contributed by atoms with Crippen LogP contribution in [0.4, 0.5) is 11.6 Å². The highest BCUT2D eigenvalue weighted by molar-refractivity contribution is 5.50. The summed E-state index contributed by atoms with van der Waals surface area (Å²) in [6.07, 6.45) is 4.66. The molecule has 1 saturated carbocycles. The Morgan fingerprint density at radius 2 is 2.05 bits per heavy atom. The molecule has 0 spiro atoms. The van der Waals surface area contributed by atoms with Gasteiger partial charge in [-0.05, 0) is 25.7 Å². The Morgan fingerprint density at radius 3 is 2.67 bits per heavy atom. The van der Waals surface area contributed by atoms with Crippen molar-refractivity contribution >= 4 is 11.6 Å². The molecule has 2 fully saturated rings. The Morgan fingerprint density at radius 1 is 1.29 bits per heavy atom. The largest absolute Gasteiger partial charge is 0.394 e. The Labute approximate surface area is 125 Å². The standard InChI is InChI=1S/C15H24N4O2/c1-16-13-10-14(18-15(17-13)11-2-3-11)19-6-4-12(5-7-19)21-9-8-20/h10-12,20H,2-9H2,1H3,(H,16,17,18). The highest BCUT2D eigenvalue weighted by Crippen LogP contribution is 2.39. The Hall–Kier alpha value is -1.40. The van der Waals surface area contributed by atoms with Crippen LogP contribution < -0.4 is 10.2 Å². The van der Waals surface area contributed by atoms with E-state index >= 15 is 0 Å². The maximum atomic E-state index is 8.81. The predicted octanol–water partition coefficient (Wildman–Crippen LogP) is 1.37. The van der Waals surface area contributed by atoms with Crippen LogP contribution in [0.25, 0.3) is 0 Å². The number of nitrogens with one attached hydrogen (secondary N) is 1. The number of hydrogen-bond donors (Lipinski definition) is 2. The van der Waals surface area contributed by atoms with Gasteiger partial charge in [-0.1, -0.05) is 0 Å². The fourth-order valence-electron chi connectivity index (χ4n) is 2.74. The molecule has 1 aromatic rings. The normalized spacial score (nSPS) is 19.8. The second-order valence-corrected chi connectivity index (χ2v) is 5.77. The molecule has 21 heavy (non-hydrogen) atoms. The quantitative estimate of drug-likeness (QED) is 0.825. The zero-order valence-corrected chi connectivity index (χ0v) is 12.6. The average Bonchev–Trinajstić information content (AvgIpc) is 3.38. The van der Waals surface area contributed by atoms with Crippen molar-refractivity contribution in [2.75, 3.05) is 43.6 Å². The summed E-state index contributed by atoms with van der Waals surface area (Å²) in [5.74, 6) is 3.47. The summed E-state index contributed by atoms with van der Waals surface area (Å²) in [5, 5.41) is 11.9. The molecule has 0 amide bonds. The first kappa shape index (κ1) is 14.5. The molecule has 1 aliphatic carbocycles. The number of ether oxygens (including phenoxy) is 1. The summed E-state index contributed by atoms with van der Waals surface area (Å²) < 4.78 is 5.61. The van der Waals surface area contributed by atoms with Crippen LogP contribution in [-0.4, -0.2) is 54.5 Å². The van der Waals surface area contributed by atoms with Gasteiger partial charge in [0, 0.05) is 32.1 Å². The highest BCUT2D eigenvalue weighted by atomic mass is 16.5. The smallest absolute Gasteiger partial charge is 0.136 e. The molecular weight excluding hydrogens is 268 g/mol. The Kier molecular flexibility index (Phi) is 4.55. The summed E-state index contributed by atoms with van der Waals surface area (Å²) in [5.41, 5.74) is 0. The molecule has 1 aromatic heterocycles. The van der Waals surface area contributed by atoms with E-state index in [0.717, 1.165) is 43.4 Å². The van der Waals surface area contributed by atoms with Gasteiger partial charge < -0.3 is 20.1 Å². The molecule has 6 heteroatoms. The van der Waals surface area contributed by atoms with Crippen LogP contribution in [0, 0.1) is 0 Å². The van der Waals surface area contributed by atoms with E-state index in [1.165, 1.54) is 12.8 Å². The minimum Gasteiger partial charge on any atom is -0.394 e. The van der Waals surface area contributed by atoms with Gasteiger partial charge in [0.1, 0.15) is 17.5 Å². The molecular formula is C15H24N4O2. The monoisotopic (exact) mass is 292 g/mol. The third-order valence-electron chi connectivity index (χ3n) is 4.14. The van der Waals surface area contributed by atoms with E-state index in [4.69, 9.17) is 14.8 Å². The zero-order chi connectivity index (χ0) is 14.7. The predicted molar refractivity (Wildman–Crippen MR) is 81.8 cm³/mol. The second kappa shape index (κ2) is 6.58. The molecule has 116 valence electrons. The molecule has 1 saturated heterocycles. The number of hydrogen-bond acceptors (Lipinski definition) is 6. The van der Waals surface area contributed by atoms with Gasteiger partial charge in [-0.25, -0.2) is 9.97 Å². The van der Waals surface area contributed by atoms with Gasteiger partial charge in [0.2, 0.25) is 0 Å². The van der Waals surface area contributed by atoms with Crippen molar-refractivity contribution in [3.63, 3.8) is 0 Å². The summed E-state index contributed by atoms with van der Waals surface area (Å²) in [6, 6.07) is 2.03. The first-order valence-corrected chi connectivity index (χ1v) is 7.84. The minimum atomic E-state index is 0.0996. The summed E-state index contributed by atoms with van der Waals surface area (Å²) in [4.78, 5) is 11.6. The average molecular weight is 292 g/mol.